The van der Waals surface area contributed by atoms with E-state index < -0.39 is 0 Å². The minimum Gasteiger partial charge on any atom is -0.312 e. The van der Waals surface area contributed by atoms with E-state index in [1.807, 2.05) is 0 Å². The van der Waals surface area contributed by atoms with Crippen molar-refractivity contribution >= 4 is 17.2 Å². The quantitative estimate of drug-likeness (QED) is 0.285. The van der Waals surface area contributed by atoms with Gasteiger partial charge in [0.2, 0.25) is 0 Å². The Balaban J connectivity index is 1.95. The molecule has 94 valence electrons. The Hall–Kier alpha value is -0.870. The number of rotatable bonds is 3. The second kappa shape index (κ2) is 6.77. The van der Waals surface area contributed by atoms with Gasteiger partial charge in [0.15, 0.2) is 0 Å². The molecule has 0 unspecified atom stereocenters. The summed E-state index contributed by atoms with van der Waals surface area (Å²) >= 11 is 1.72. The zero-order valence-electron chi connectivity index (χ0n) is 10.2. The molecule has 4 heteroatoms. The first kappa shape index (κ1) is 12.6. The number of aliphatic imine (C=N–C) groups is 1. The third kappa shape index (κ3) is 4.13. The fourth-order valence-electron chi connectivity index (χ4n) is 2.33. The standard InChI is InChI=1S/C13H21N3S/c14-16-13(9-11-7-8-17-10-11)15-12-5-3-1-2-4-6-12/h7-8,10,12H,1-6,9,14H2,(H,15,16). The molecule has 0 radical (unpaired) electrons. The number of nitrogens with two attached hydrogens (primary N) is 1. The van der Waals surface area contributed by atoms with Gasteiger partial charge in [-0.15, -0.1) is 0 Å². The van der Waals surface area contributed by atoms with Gasteiger partial charge in [-0.05, 0) is 35.2 Å². The first-order chi connectivity index (χ1) is 8.38. The summed E-state index contributed by atoms with van der Waals surface area (Å²) in [5, 5.41) is 4.25. The molecule has 0 atom stereocenters. The molecule has 3 N–H and O–H groups in total. The maximum absolute atomic E-state index is 5.57. The van der Waals surface area contributed by atoms with Gasteiger partial charge in [0.05, 0.1) is 6.04 Å². The maximum Gasteiger partial charge on any atom is 0.115 e. The van der Waals surface area contributed by atoms with E-state index in [4.69, 9.17) is 10.8 Å². The molecule has 3 nitrogen and oxygen atoms in total. The Bertz CT molecular complexity index is 338. The Kier molecular flexibility index (Phi) is 5.01. The predicted octanol–water partition coefficient (Wildman–Crippen LogP) is 2.88. The van der Waals surface area contributed by atoms with Crippen LogP contribution >= 0.6 is 11.3 Å². The van der Waals surface area contributed by atoms with Crippen LogP contribution in [0.4, 0.5) is 0 Å². The highest BCUT2D eigenvalue weighted by Gasteiger charge is 2.12. The second-order valence-electron chi connectivity index (χ2n) is 4.67. The summed E-state index contributed by atoms with van der Waals surface area (Å²) in [5.74, 6) is 6.49. The van der Waals surface area contributed by atoms with Gasteiger partial charge in [-0.1, -0.05) is 25.7 Å². The summed E-state index contributed by atoms with van der Waals surface area (Å²) in [7, 11) is 0. The lowest BCUT2D eigenvalue weighted by atomic mass is 10.1. The topological polar surface area (TPSA) is 50.4 Å². The molecule has 0 aromatic carbocycles. The van der Waals surface area contributed by atoms with Gasteiger partial charge >= 0.3 is 0 Å². The number of hydrogen-bond donors (Lipinski definition) is 2. The predicted molar refractivity (Wildman–Crippen MR) is 74.3 cm³/mol. The molecule has 1 heterocycles. The fraction of sp³-hybridized carbons (Fsp3) is 0.615. The molecule has 0 bridgehead atoms. The van der Waals surface area contributed by atoms with Crippen molar-refractivity contribution in [3.05, 3.63) is 22.4 Å². The summed E-state index contributed by atoms with van der Waals surface area (Å²) in [4.78, 5) is 4.77. The average molecular weight is 251 g/mol. The first-order valence-electron chi connectivity index (χ1n) is 6.43. The first-order valence-corrected chi connectivity index (χ1v) is 7.37. The van der Waals surface area contributed by atoms with E-state index in [1.54, 1.807) is 11.3 Å². The Morgan fingerprint density at radius 2 is 2.12 bits per heavy atom. The van der Waals surface area contributed by atoms with Crippen molar-refractivity contribution in [1.29, 1.82) is 0 Å². The van der Waals surface area contributed by atoms with E-state index >= 15 is 0 Å². The van der Waals surface area contributed by atoms with E-state index in [-0.39, 0.29) is 0 Å². The summed E-state index contributed by atoms with van der Waals surface area (Å²) in [5.41, 5.74) is 4.05. The van der Waals surface area contributed by atoms with E-state index in [1.165, 1.54) is 44.1 Å². The summed E-state index contributed by atoms with van der Waals surface area (Å²) in [6, 6.07) is 2.60. The van der Waals surface area contributed by atoms with Crippen LogP contribution in [0.15, 0.2) is 21.8 Å². The summed E-state index contributed by atoms with van der Waals surface area (Å²) < 4.78 is 0. The van der Waals surface area contributed by atoms with Crippen LogP contribution in [0.1, 0.15) is 44.1 Å². The lowest BCUT2D eigenvalue weighted by Crippen LogP contribution is -2.33. The van der Waals surface area contributed by atoms with Crippen molar-refractivity contribution in [3.8, 4) is 0 Å². The van der Waals surface area contributed by atoms with Crippen LogP contribution in [-0.2, 0) is 6.42 Å². The molecule has 1 aromatic heterocycles. The third-order valence-corrected chi connectivity index (χ3v) is 4.01. The number of hydrazine groups is 1. The Morgan fingerprint density at radius 1 is 1.35 bits per heavy atom. The SMILES string of the molecule is NNC(Cc1ccsc1)=NC1CCCCCC1. The summed E-state index contributed by atoms with van der Waals surface area (Å²) in [6.07, 6.45) is 8.61. The van der Waals surface area contributed by atoms with E-state index in [0.717, 1.165) is 12.3 Å². The van der Waals surface area contributed by atoms with Gasteiger partial charge in [-0.2, -0.15) is 11.3 Å². The molecule has 1 saturated carbocycles. The number of thiophene rings is 1. The smallest absolute Gasteiger partial charge is 0.115 e. The molecule has 2 rings (SSSR count). The molecule has 1 aliphatic carbocycles. The lowest BCUT2D eigenvalue weighted by molar-refractivity contribution is 0.581. The molecule has 0 spiro atoms. The van der Waals surface area contributed by atoms with Gasteiger partial charge in [0.25, 0.3) is 0 Å². The number of nitrogens with one attached hydrogen (secondary N) is 1. The summed E-state index contributed by atoms with van der Waals surface area (Å²) in [6.45, 7) is 0. The number of amidine groups is 1. The van der Waals surface area contributed by atoms with Crippen molar-refractivity contribution in [2.75, 3.05) is 0 Å². The molecule has 1 fully saturated rings. The van der Waals surface area contributed by atoms with Gasteiger partial charge in [0.1, 0.15) is 5.84 Å². The minimum absolute atomic E-state index is 0.474. The molecule has 1 aromatic rings. The van der Waals surface area contributed by atoms with Crippen LogP contribution in [0.5, 0.6) is 0 Å². The second-order valence-corrected chi connectivity index (χ2v) is 5.45. The van der Waals surface area contributed by atoms with E-state index in [2.05, 4.69) is 22.3 Å². The van der Waals surface area contributed by atoms with E-state index in [0.29, 0.717) is 6.04 Å². The average Bonchev–Trinajstić information content (AvgIpc) is 2.71. The van der Waals surface area contributed by atoms with Crippen molar-refractivity contribution < 1.29 is 0 Å². The molecule has 1 aliphatic rings. The van der Waals surface area contributed by atoms with Crippen molar-refractivity contribution in [2.24, 2.45) is 10.8 Å². The molecule has 0 amide bonds. The highest BCUT2D eigenvalue weighted by Crippen LogP contribution is 2.20. The van der Waals surface area contributed by atoms with Gasteiger partial charge in [0, 0.05) is 6.42 Å². The van der Waals surface area contributed by atoms with Crippen LogP contribution in [0.2, 0.25) is 0 Å². The number of nitrogens with zero attached hydrogens (tertiary/aromatic N) is 1. The zero-order chi connectivity index (χ0) is 11.9. The van der Waals surface area contributed by atoms with Crippen LogP contribution in [0.3, 0.4) is 0 Å². The van der Waals surface area contributed by atoms with Gasteiger partial charge in [-0.3, -0.25) is 4.99 Å². The van der Waals surface area contributed by atoms with Crippen LogP contribution in [-0.4, -0.2) is 11.9 Å². The Morgan fingerprint density at radius 3 is 2.71 bits per heavy atom. The molecule has 0 saturated heterocycles. The molecular formula is C13H21N3S. The lowest BCUT2D eigenvalue weighted by Gasteiger charge is -2.12. The zero-order valence-corrected chi connectivity index (χ0v) is 11.0. The van der Waals surface area contributed by atoms with E-state index in [9.17, 15) is 0 Å². The normalized spacial score (nSPS) is 19.0. The van der Waals surface area contributed by atoms with Crippen molar-refractivity contribution in [3.63, 3.8) is 0 Å². The highest BCUT2D eigenvalue weighted by molar-refractivity contribution is 7.07. The monoisotopic (exact) mass is 251 g/mol. The maximum atomic E-state index is 5.57. The third-order valence-electron chi connectivity index (χ3n) is 3.28. The van der Waals surface area contributed by atoms with Crippen molar-refractivity contribution in [2.45, 2.75) is 51.0 Å². The van der Waals surface area contributed by atoms with Crippen LogP contribution in [0.25, 0.3) is 0 Å². The highest BCUT2D eigenvalue weighted by atomic mass is 32.1. The largest absolute Gasteiger partial charge is 0.312 e. The molecular weight excluding hydrogens is 230 g/mol. The van der Waals surface area contributed by atoms with Crippen molar-refractivity contribution in [1.82, 2.24) is 5.43 Å². The number of hydrogen-bond acceptors (Lipinski definition) is 3. The fourth-order valence-corrected chi connectivity index (χ4v) is 3.00. The van der Waals surface area contributed by atoms with Crippen LogP contribution in [0, 0.1) is 0 Å². The van der Waals surface area contributed by atoms with Gasteiger partial charge in [-0.25, -0.2) is 5.84 Å². The van der Waals surface area contributed by atoms with Crippen LogP contribution < -0.4 is 11.3 Å². The van der Waals surface area contributed by atoms with Gasteiger partial charge < -0.3 is 5.43 Å². The minimum atomic E-state index is 0.474. The molecule has 17 heavy (non-hydrogen) atoms. The molecule has 0 aliphatic heterocycles. The Labute approximate surface area is 107 Å².